The molecule has 2 N–H and O–H groups in total. The zero-order chi connectivity index (χ0) is 38.0. The van der Waals surface area contributed by atoms with E-state index in [1.54, 1.807) is 0 Å². The first kappa shape index (κ1) is 40.4. The fourth-order valence-corrected chi connectivity index (χ4v) is 8.66. The molecule has 0 fully saturated rings. The lowest BCUT2D eigenvalue weighted by Crippen LogP contribution is -2.30. The number of aliphatic carboxylic acids is 1. The van der Waals surface area contributed by atoms with Crippen LogP contribution >= 0.6 is 0 Å². The number of nitrogens with zero attached hydrogens (tertiary/aromatic N) is 2. The van der Waals surface area contributed by atoms with Gasteiger partial charge in [-0.05, 0) is 76.8 Å². The lowest BCUT2D eigenvalue weighted by Gasteiger charge is -2.31. The minimum atomic E-state index is -4.76. The van der Waals surface area contributed by atoms with Gasteiger partial charge in [-0.1, -0.05) is 36.6 Å². The summed E-state index contributed by atoms with van der Waals surface area (Å²) in [7, 11) is -13.5. The molecule has 0 saturated heterocycles. The summed E-state index contributed by atoms with van der Waals surface area (Å²) in [5.74, 6) is -1.89. The van der Waals surface area contributed by atoms with Crippen molar-refractivity contribution in [3.63, 3.8) is 0 Å². The molecule has 280 valence electrons. The molecule has 0 aliphatic carbocycles. The number of allylic oxidation sites excluding steroid dienone is 4. The van der Waals surface area contributed by atoms with Crippen LogP contribution in [0.25, 0.3) is 0 Å². The van der Waals surface area contributed by atoms with E-state index in [4.69, 9.17) is 5.11 Å². The molecule has 2 aliphatic rings. The third-order valence-electron chi connectivity index (χ3n) is 9.68. The van der Waals surface area contributed by atoms with Crippen LogP contribution < -0.4 is 4.90 Å². The largest absolute Gasteiger partial charge is 0.748 e. The Morgan fingerprint density at radius 2 is 1.61 bits per heavy atom. The molecule has 4 rings (SSSR count). The van der Waals surface area contributed by atoms with E-state index in [1.807, 2.05) is 60.6 Å². The number of carbonyl (C=O) groups is 1. The van der Waals surface area contributed by atoms with Crippen LogP contribution in [0.5, 0.6) is 0 Å². The molecule has 0 bridgehead atoms. The van der Waals surface area contributed by atoms with Crippen molar-refractivity contribution < 1.29 is 53.4 Å². The number of benzene rings is 2. The number of aryl methyl sites for hydroxylation is 1. The molecule has 2 heterocycles. The molecule has 1 atom stereocenters. The predicted octanol–water partition coefficient (Wildman–Crippen LogP) is 4.74. The van der Waals surface area contributed by atoms with E-state index < -0.39 is 63.6 Å². The van der Waals surface area contributed by atoms with Crippen molar-refractivity contribution in [2.45, 2.75) is 88.4 Å². The smallest absolute Gasteiger partial charge is 0.303 e. The number of rotatable bonds is 17. The van der Waals surface area contributed by atoms with Gasteiger partial charge in [-0.3, -0.25) is 9.35 Å². The van der Waals surface area contributed by atoms with Crippen LogP contribution in [-0.2, 0) is 46.0 Å². The van der Waals surface area contributed by atoms with Crippen LogP contribution in [0.3, 0.4) is 0 Å². The SMILES string of the molecule is Cc1ccc2c(c1)C(C)(CCCCCC(=O)O)C(=CC=CC1=[N+](CCCS(=O)(=O)O)c3ccc(S(=O)(=O)[O-])cc3C1(C)C)N2CCCS(=O)(=O)[O-]. The van der Waals surface area contributed by atoms with Gasteiger partial charge in [0.05, 0.1) is 26.2 Å². The van der Waals surface area contributed by atoms with E-state index in [9.17, 15) is 43.7 Å². The van der Waals surface area contributed by atoms with Gasteiger partial charge in [-0.15, -0.1) is 0 Å². The number of unbranched alkanes of at least 4 members (excludes halogenated alkanes) is 2. The first-order chi connectivity index (χ1) is 23.5. The summed E-state index contributed by atoms with van der Waals surface area (Å²) in [5.41, 5.74) is 4.15. The fraction of sp³-hybridized carbons (Fsp3) is 0.486. The fourth-order valence-electron chi connectivity index (χ4n) is 7.19. The molecule has 2 aromatic rings. The third kappa shape index (κ3) is 9.73. The van der Waals surface area contributed by atoms with Crippen molar-refractivity contribution in [1.29, 1.82) is 0 Å². The number of carboxylic acid groups (broad SMARTS) is 1. The van der Waals surface area contributed by atoms with Crippen molar-refractivity contribution in [3.05, 3.63) is 77.0 Å². The molecule has 0 aromatic heterocycles. The Balaban J connectivity index is 1.81. The Hall–Kier alpha value is -3.41. The average molecular weight is 766 g/mol. The Labute approximate surface area is 300 Å². The van der Waals surface area contributed by atoms with Crippen molar-refractivity contribution in [3.8, 4) is 0 Å². The Bertz CT molecular complexity index is 2100. The minimum absolute atomic E-state index is 0.0550. The highest BCUT2D eigenvalue weighted by Gasteiger charge is 2.45. The zero-order valence-corrected chi connectivity index (χ0v) is 31.6. The molecule has 16 heteroatoms. The van der Waals surface area contributed by atoms with E-state index in [2.05, 4.69) is 13.0 Å². The molecule has 2 aliphatic heterocycles. The molecule has 51 heavy (non-hydrogen) atoms. The van der Waals surface area contributed by atoms with Gasteiger partial charge in [0.1, 0.15) is 16.7 Å². The molecule has 1 unspecified atom stereocenters. The van der Waals surface area contributed by atoms with Crippen LogP contribution in [0, 0.1) is 6.92 Å². The quantitative estimate of drug-likeness (QED) is 0.127. The standard InChI is InChI=1S/C35H46N2O11S3/c1-25-14-16-30-28(23-25)35(4,18-7-5-6-13-33(38)39)32(37(30)20-10-22-50(43,44)45)12-8-11-31-34(2,3)27-24-26(51(46,47)48)15-17-29(27)36(31)19-9-21-49(40,41)42/h8,11-12,14-17,23-24H,5-7,9-10,13,18-22H2,1-4H3,(H3-,38,39,40,41,42,43,44,45,46,47,48)/p-1. The highest BCUT2D eigenvalue weighted by Crippen LogP contribution is 2.51. The van der Waals surface area contributed by atoms with Crippen molar-refractivity contribution >= 4 is 53.4 Å². The second-order valence-corrected chi connectivity index (χ2v) is 18.4. The van der Waals surface area contributed by atoms with Gasteiger partial charge in [0.25, 0.3) is 10.1 Å². The van der Waals surface area contributed by atoms with Crippen LogP contribution in [0.4, 0.5) is 11.4 Å². The van der Waals surface area contributed by atoms with Gasteiger partial charge < -0.3 is 19.1 Å². The van der Waals surface area contributed by atoms with Crippen LogP contribution in [-0.4, -0.2) is 84.9 Å². The lowest BCUT2D eigenvalue weighted by molar-refractivity contribution is -0.437. The van der Waals surface area contributed by atoms with Crippen molar-refractivity contribution in [2.75, 3.05) is 29.5 Å². The van der Waals surface area contributed by atoms with E-state index in [0.29, 0.717) is 42.6 Å². The van der Waals surface area contributed by atoms with Gasteiger partial charge in [0.2, 0.25) is 5.69 Å². The lowest BCUT2D eigenvalue weighted by atomic mass is 9.76. The first-order valence-corrected chi connectivity index (χ1v) is 21.3. The Morgan fingerprint density at radius 1 is 0.902 bits per heavy atom. The summed E-state index contributed by atoms with van der Waals surface area (Å²) in [6.45, 7) is 8.17. The number of hydrogen-bond donors (Lipinski definition) is 2. The number of hydrogen-bond acceptors (Lipinski definition) is 10. The van der Waals surface area contributed by atoms with E-state index >= 15 is 0 Å². The topological polar surface area (TPSA) is 212 Å². The second kappa shape index (κ2) is 15.3. The van der Waals surface area contributed by atoms with Gasteiger partial charge in [-0.25, -0.2) is 16.8 Å². The first-order valence-electron chi connectivity index (χ1n) is 16.7. The molecule has 0 spiro atoms. The molecule has 0 saturated carbocycles. The second-order valence-electron chi connectivity index (χ2n) is 13.9. The van der Waals surface area contributed by atoms with Gasteiger partial charge >= 0.3 is 5.97 Å². The maximum Gasteiger partial charge on any atom is 0.303 e. The van der Waals surface area contributed by atoms with E-state index in [-0.39, 0.29) is 32.4 Å². The van der Waals surface area contributed by atoms with E-state index in [0.717, 1.165) is 22.5 Å². The molecular formula is C35H45N2O11S3-. The summed E-state index contributed by atoms with van der Waals surface area (Å²) < 4.78 is 105. The highest BCUT2D eigenvalue weighted by molar-refractivity contribution is 7.86. The van der Waals surface area contributed by atoms with Crippen LogP contribution in [0.15, 0.2) is 65.2 Å². The summed E-state index contributed by atoms with van der Waals surface area (Å²) in [6.07, 6.45) is 8.33. The maximum absolute atomic E-state index is 11.9. The summed E-state index contributed by atoms with van der Waals surface area (Å²) in [5, 5.41) is 9.11. The molecule has 0 amide bonds. The Morgan fingerprint density at radius 3 is 2.24 bits per heavy atom. The molecule has 0 radical (unpaired) electrons. The summed E-state index contributed by atoms with van der Waals surface area (Å²) >= 11 is 0. The number of carboxylic acids is 1. The number of fused-ring (bicyclic) bond motifs is 2. The molecule has 2 aromatic carbocycles. The molecule has 13 nitrogen and oxygen atoms in total. The van der Waals surface area contributed by atoms with Gasteiger partial charge in [0.15, 0.2) is 5.71 Å². The average Bonchev–Trinajstić information content (AvgIpc) is 3.34. The number of anilines is 1. The Kier molecular flexibility index (Phi) is 12.1. The minimum Gasteiger partial charge on any atom is -0.748 e. The van der Waals surface area contributed by atoms with Gasteiger partial charge in [0, 0.05) is 59.6 Å². The van der Waals surface area contributed by atoms with Crippen LogP contribution in [0.2, 0.25) is 0 Å². The third-order valence-corrected chi connectivity index (χ3v) is 12.1. The molecular weight excluding hydrogens is 721 g/mol. The maximum atomic E-state index is 11.9. The normalized spacial score (nSPS) is 19.7. The van der Waals surface area contributed by atoms with Crippen LogP contribution in [0.1, 0.15) is 82.4 Å². The van der Waals surface area contributed by atoms with Gasteiger partial charge in [-0.2, -0.15) is 13.0 Å². The predicted molar refractivity (Wildman–Crippen MR) is 191 cm³/mol. The zero-order valence-electron chi connectivity index (χ0n) is 29.2. The summed E-state index contributed by atoms with van der Waals surface area (Å²) in [6, 6.07) is 10.1. The van der Waals surface area contributed by atoms with Crippen molar-refractivity contribution in [1.82, 2.24) is 0 Å². The highest BCUT2D eigenvalue weighted by atomic mass is 32.2. The van der Waals surface area contributed by atoms with Crippen molar-refractivity contribution in [2.24, 2.45) is 0 Å². The monoisotopic (exact) mass is 765 g/mol. The van der Waals surface area contributed by atoms with E-state index in [1.165, 1.54) is 18.2 Å². The summed E-state index contributed by atoms with van der Waals surface area (Å²) in [4.78, 5) is 12.7.